The summed E-state index contributed by atoms with van der Waals surface area (Å²) in [6, 6.07) is 18.9. The third-order valence-electron chi connectivity index (χ3n) is 5.75. The van der Waals surface area contributed by atoms with Gasteiger partial charge in [0.2, 0.25) is 0 Å². The van der Waals surface area contributed by atoms with Crippen LogP contribution in [-0.2, 0) is 14.4 Å². The molecule has 3 aromatic rings. The van der Waals surface area contributed by atoms with E-state index in [9.17, 15) is 19.5 Å². The second-order valence-corrected chi connectivity index (χ2v) is 8.72. The van der Waals surface area contributed by atoms with Gasteiger partial charge in [0.05, 0.1) is 24.8 Å². The quantitative estimate of drug-likeness (QED) is 0.159. The van der Waals surface area contributed by atoms with Crippen LogP contribution < -0.4 is 19.1 Å². The molecule has 190 valence electrons. The number of Topliss-reactive ketones (excluding diaryl/α,β-unsaturated/α-hetero) is 1. The molecule has 0 saturated carbocycles. The molecule has 1 saturated heterocycles. The minimum absolute atomic E-state index is 0.0239. The van der Waals surface area contributed by atoms with Crippen molar-refractivity contribution in [2.45, 2.75) is 32.9 Å². The normalized spacial score (nSPS) is 16.7. The minimum Gasteiger partial charge on any atom is -0.507 e. The maximum Gasteiger partial charge on any atom is 0.308 e. The van der Waals surface area contributed by atoms with Crippen LogP contribution in [0, 0.1) is 0 Å². The number of carbonyl (C=O) groups is 3. The van der Waals surface area contributed by atoms with E-state index in [0.717, 1.165) is 0 Å². The van der Waals surface area contributed by atoms with E-state index in [-0.39, 0.29) is 17.4 Å². The molecule has 37 heavy (non-hydrogen) atoms. The zero-order valence-electron chi connectivity index (χ0n) is 20.9. The molecule has 1 heterocycles. The molecule has 1 N–H and O–H groups in total. The van der Waals surface area contributed by atoms with Gasteiger partial charge in [-0.05, 0) is 80.1 Å². The lowest BCUT2D eigenvalue weighted by molar-refractivity contribution is -0.132. The summed E-state index contributed by atoms with van der Waals surface area (Å²) in [5, 5.41) is 11.3. The summed E-state index contributed by atoms with van der Waals surface area (Å²) >= 11 is 0. The van der Waals surface area contributed by atoms with Crippen molar-refractivity contribution in [3.8, 4) is 17.2 Å². The molecular formula is C29H27NO7. The van der Waals surface area contributed by atoms with Crippen LogP contribution in [0.1, 0.15) is 37.9 Å². The number of hydrogen-bond acceptors (Lipinski definition) is 7. The van der Waals surface area contributed by atoms with Gasteiger partial charge in [-0.2, -0.15) is 0 Å². The van der Waals surface area contributed by atoms with Crippen molar-refractivity contribution in [2.24, 2.45) is 0 Å². The maximum atomic E-state index is 13.3. The summed E-state index contributed by atoms with van der Waals surface area (Å²) in [4.78, 5) is 39.3. The van der Waals surface area contributed by atoms with E-state index in [2.05, 4.69) is 0 Å². The van der Waals surface area contributed by atoms with Crippen molar-refractivity contribution >= 4 is 29.1 Å². The van der Waals surface area contributed by atoms with Crippen molar-refractivity contribution in [3.63, 3.8) is 0 Å². The molecule has 1 fully saturated rings. The van der Waals surface area contributed by atoms with Gasteiger partial charge in [0.25, 0.3) is 11.7 Å². The van der Waals surface area contributed by atoms with E-state index < -0.39 is 23.7 Å². The van der Waals surface area contributed by atoms with E-state index in [1.165, 1.54) is 18.9 Å². The molecular weight excluding hydrogens is 474 g/mol. The van der Waals surface area contributed by atoms with Crippen molar-refractivity contribution < 1.29 is 33.7 Å². The fourth-order valence-electron chi connectivity index (χ4n) is 4.16. The number of benzene rings is 3. The zero-order valence-corrected chi connectivity index (χ0v) is 20.9. The zero-order chi connectivity index (χ0) is 26.7. The van der Waals surface area contributed by atoms with Gasteiger partial charge in [-0.1, -0.05) is 12.1 Å². The predicted octanol–water partition coefficient (Wildman–Crippen LogP) is 5.03. The van der Waals surface area contributed by atoms with E-state index >= 15 is 0 Å². The molecule has 0 aliphatic carbocycles. The number of amides is 1. The fraction of sp³-hybridized carbons (Fsp3) is 0.207. The average Bonchev–Trinajstić information content (AvgIpc) is 3.14. The second-order valence-electron chi connectivity index (χ2n) is 8.72. The highest BCUT2D eigenvalue weighted by Gasteiger charge is 2.47. The smallest absolute Gasteiger partial charge is 0.308 e. The summed E-state index contributed by atoms with van der Waals surface area (Å²) in [7, 11) is 1.53. The SMILES string of the molecule is COc1ccc(N2C(=O)C(=O)/C(=C(/O)c3ccc(OC(C)C)cc3)C2c2ccc(OC(C)=O)cc2)cc1. The Kier molecular flexibility index (Phi) is 7.29. The van der Waals surface area contributed by atoms with Crippen LogP contribution in [0.25, 0.3) is 5.76 Å². The summed E-state index contributed by atoms with van der Waals surface area (Å²) in [6.45, 7) is 5.10. The number of methoxy groups -OCH3 is 1. The largest absolute Gasteiger partial charge is 0.507 e. The number of carbonyl (C=O) groups excluding carboxylic acids is 3. The van der Waals surface area contributed by atoms with Gasteiger partial charge in [0.15, 0.2) is 0 Å². The first-order valence-corrected chi connectivity index (χ1v) is 11.7. The first-order valence-electron chi connectivity index (χ1n) is 11.7. The Morgan fingerprint density at radius 1 is 0.865 bits per heavy atom. The van der Waals surface area contributed by atoms with Gasteiger partial charge in [0, 0.05) is 18.2 Å². The van der Waals surface area contributed by atoms with Crippen molar-refractivity contribution in [3.05, 3.63) is 89.5 Å². The molecule has 8 nitrogen and oxygen atoms in total. The van der Waals surface area contributed by atoms with Crippen LogP contribution in [0.4, 0.5) is 5.69 Å². The van der Waals surface area contributed by atoms with Crippen molar-refractivity contribution in [1.82, 2.24) is 0 Å². The standard InChI is InChI=1S/C29H27NO7/c1-17(2)36-23-13-7-20(8-14-23)27(32)25-26(19-5-11-24(12-6-19)37-18(3)31)30(29(34)28(25)33)21-9-15-22(35-4)16-10-21/h5-17,26,32H,1-4H3/b27-25+. The summed E-state index contributed by atoms with van der Waals surface area (Å²) < 4.78 is 16.0. The Bertz CT molecular complexity index is 1340. The van der Waals surface area contributed by atoms with E-state index in [4.69, 9.17) is 14.2 Å². The maximum absolute atomic E-state index is 13.3. The summed E-state index contributed by atoms with van der Waals surface area (Å²) in [6.07, 6.45) is -0.0239. The molecule has 0 radical (unpaired) electrons. The van der Waals surface area contributed by atoms with E-state index in [1.54, 1.807) is 72.8 Å². The summed E-state index contributed by atoms with van der Waals surface area (Å²) in [5.41, 5.74) is 1.31. The third-order valence-corrected chi connectivity index (χ3v) is 5.75. The lowest BCUT2D eigenvalue weighted by Crippen LogP contribution is -2.29. The van der Waals surface area contributed by atoms with Gasteiger partial charge < -0.3 is 19.3 Å². The number of rotatable bonds is 7. The van der Waals surface area contributed by atoms with Gasteiger partial charge in [-0.25, -0.2) is 0 Å². The molecule has 1 atom stereocenters. The van der Waals surface area contributed by atoms with Gasteiger partial charge in [-0.3, -0.25) is 19.3 Å². The number of nitrogens with zero attached hydrogens (tertiary/aromatic N) is 1. The van der Waals surface area contributed by atoms with Crippen LogP contribution in [-0.4, -0.2) is 36.0 Å². The first-order chi connectivity index (χ1) is 17.7. The Labute approximate surface area is 214 Å². The Morgan fingerprint density at radius 2 is 1.43 bits per heavy atom. The minimum atomic E-state index is -0.925. The Morgan fingerprint density at radius 3 is 1.97 bits per heavy atom. The summed E-state index contributed by atoms with van der Waals surface area (Å²) in [5.74, 6) is -0.848. The van der Waals surface area contributed by atoms with Gasteiger partial charge in [-0.15, -0.1) is 0 Å². The predicted molar refractivity (Wildman–Crippen MR) is 138 cm³/mol. The molecule has 1 amide bonds. The second kappa shape index (κ2) is 10.6. The van der Waals surface area contributed by atoms with E-state index in [0.29, 0.717) is 34.1 Å². The molecule has 0 aromatic heterocycles. The number of aliphatic hydroxyl groups excluding tert-OH is 1. The Balaban J connectivity index is 1.83. The number of anilines is 1. The van der Waals surface area contributed by atoms with Crippen LogP contribution in [0.15, 0.2) is 78.4 Å². The molecule has 1 unspecified atom stereocenters. The number of hydrogen-bond donors (Lipinski definition) is 1. The number of esters is 1. The molecule has 0 bridgehead atoms. The van der Waals surface area contributed by atoms with Crippen molar-refractivity contribution in [1.29, 1.82) is 0 Å². The Hall–Kier alpha value is -4.59. The first kappa shape index (κ1) is 25.5. The number of ketones is 1. The van der Waals surface area contributed by atoms with E-state index in [1.807, 2.05) is 13.8 Å². The number of aliphatic hydroxyl groups is 1. The monoisotopic (exact) mass is 501 g/mol. The molecule has 8 heteroatoms. The van der Waals surface area contributed by atoms with Crippen LogP contribution in [0.5, 0.6) is 17.2 Å². The lowest BCUT2D eigenvalue weighted by atomic mass is 9.95. The van der Waals surface area contributed by atoms with Crippen LogP contribution >= 0.6 is 0 Å². The van der Waals surface area contributed by atoms with Gasteiger partial charge in [0.1, 0.15) is 23.0 Å². The molecule has 1 aliphatic heterocycles. The third kappa shape index (κ3) is 5.33. The highest BCUT2D eigenvalue weighted by atomic mass is 16.5. The highest BCUT2D eigenvalue weighted by Crippen LogP contribution is 2.43. The molecule has 0 spiro atoms. The molecule has 3 aromatic carbocycles. The van der Waals surface area contributed by atoms with Crippen LogP contribution in [0.3, 0.4) is 0 Å². The topological polar surface area (TPSA) is 102 Å². The van der Waals surface area contributed by atoms with Crippen LogP contribution in [0.2, 0.25) is 0 Å². The van der Waals surface area contributed by atoms with Crippen molar-refractivity contribution in [2.75, 3.05) is 12.0 Å². The number of ether oxygens (including phenoxy) is 3. The molecule has 1 aliphatic rings. The lowest BCUT2D eigenvalue weighted by Gasteiger charge is -2.25. The molecule has 4 rings (SSSR count). The van der Waals surface area contributed by atoms with Gasteiger partial charge >= 0.3 is 5.97 Å². The fourth-order valence-corrected chi connectivity index (χ4v) is 4.16. The highest BCUT2D eigenvalue weighted by molar-refractivity contribution is 6.51. The average molecular weight is 502 g/mol.